The fourth-order valence-corrected chi connectivity index (χ4v) is 1.96. The lowest BCUT2D eigenvalue weighted by Gasteiger charge is -2.12. The zero-order valence-electron chi connectivity index (χ0n) is 11.1. The molecule has 21 heavy (non-hydrogen) atoms. The third-order valence-corrected chi connectivity index (χ3v) is 2.99. The molecule has 0 radical (unpaired) electrons. The van der Waals surface area contributed by atoms with Crippen molar-refractivity contribution in [3.63, 3.8) is 0 Å². The molecule has 2 rings (SSSR count). The number of nitro benzene ring substituents is 2. The number of ether oxygens (including phenoxy) is 2. The van der Waals surface area contributed by atoms with Crippen LogP contribution in [0.5, 0.6) is 0 Å². The molecule has 1 aromatic rings. The van der Waals surface area contributed by atoms with Crippen LogP contribution in [0.1, 0.15) is 30.1 Å². The maximum absolute atomic E-state index is 11.9. The first-order chi connectivity index (χ1) is 9.86. The van der Waals surface area contributed by atoms with Crippen molar-refractivity contribution >= 4 is 17.3 Å². The van der Waals surface area contributed by atoms with Crippen LogP contribution in [0, 0.1) is 20.2 Å². The molecule has 0 saturated carbocycles. The Morgan fingerprint density at radius 2 is 1.76 bits per heavy atom. The van der Waals surface area contributed by atoms with Gasteiger partial charge in [-0.05, 0) is 13.3 Å². The molecule has 1 aromatic carbocycles. The van der Waals surface area contributed by atoms with Gasteiger partial charge in [-0.3, -0.25) is 20.2 Å². The summed E-state index contributed by atoms with van der Waals surface area (Å²) in [6.45, 7) is 1.83. The van der Waals surface area contributed by atoms with Gasteiger partial charge >= 0.3 is 5.97 Å². The third kappa shape index (κ3) is 3.51. The normalized spacial score (nSPS) is 21.0. The summed E-state index contributed by atoms with van der Waals surface area (Å²) in [5.74, 6) is -0.888. The van der Waals surface area contributed by atoms with E-state index >= 15 is 0 Å². The summed E-state index contributed by atoms with van der Waals surface area (Å²) < 4.78 is 10.3. The molecule has 1 heterocycles. The molecule has 2 atom stereocenters. The summed E-state index contributed by atoms with van der Waals surface area (Å²) in [6, 6.07) is 2.66. The summed E-state index contributed by atoms with van der Waals surface area (Å²) in [5, 5.41) is 21.5. The maximum Gasteiger partial charge on any atom is 0.340 e. The predicted octanol–water partition coefficient (Wildman–Crippen LogP) is 2.18. The van der Waals surface area contributed by atoms with Crippen molar-refractivity contribution in [2.75, 3.05) is 0 Å². The lowest BCUT2D eigenvalue weighted by atomic mass is 10.2. The lowest BCUT2D eigenvalue weighted by molar-refractivity contribution is -0.394. The first kappa shape index (κ1) is 14.9. The quantitative estimate of drug-likeness (QED) is 0.474. The minimum Gasteiger partial charge on any atom is -0.432 e. The monoisotopic (exact) mass is 296 g/mol. The fourth-order valence-electron chi connectivity index (χ4n) is 1.96. The summed E-state index contributed by atoms with van der Waals surface area (Å²) in [5.41, 5.74) is -1.34. The number of carbonyl (C=O) groups excluding carboxylic acids is 1. The minimum atomic E-state index is -0.888. The lowest BCUT2D eigenvalue weighted by Crippen LogP contribution is -2.18. The van der Waals surface area contributed by atoms with Gasteiger partial charge in [0.1, 0.15) is 0 Å². The van der Waals surface area contributed by atoms with Gasteiger partial charge in [-0.1, -0.05) is 0 Å². The molecule has 1 saturated heterocycles. The molecule has 9 nitrogen and oxygen atoms in total. The Morgan fingerprint density at radius 3 is 2.19 bits per heavy atom. The van der Waals surface area contributed by atoms with Crippen LogP contribution in [-0.2, 0) is 9.47 Å². The number of hydrogen-bond donors (Lipinski definition) is 0. The van der Waals surface area contributed by atoms with E-state index in [2.05, 4.69) is 0 Å². The van der Waals surface area contributed by atoms with E-state index in [4.69, 9.17) is 9.47 Å². The first-order valence-electron chi connectivity index (χ1n) is 6.17. The standard InChI is InChI=1S/C12H12N2O7/c1-7-2-3-11(20-7)21-12(15)8-4-9(13(16)17)6-10(5-8)14(18)19/h4-7,11H,2-3H2,1H3. The number of nitrogens with zero attached hydrogens (tertiary/aromatic N) is 2. The summed E-state index contributed by atoms with van der Waals surface area (Å²) in [7, 11) is 0. The second-order valence-electron chi connectivity index (χ2n) is 4.61. The molecule has 0 bridgehead atoms. The van der Waals surface area contributed by atoms with Crippen molar-refractivity contribution in [1.82, 2.24) is 0 Å². The highest BCUT2D eigenvalue weighted by Gasteiger charge is 2.27. The fraction of sp³-hybridized carbons (Fsp3) is 0.417. The molecule has 1 aliphatic rings. The van der Waals surface area contributed by atoms with Crippen molar-refractivity contribution in [2.24, 2.45) is 0 Å². The van der Waals surface area contributed by atoms with Crippen molar-refractivity contribution in [3.8, 4) is 0 Å². The van der Waals surface area contributed by atoms with Gasteiger partial charge in [0.15, 0.2) is 0 Å². The van der Waals surface area contributed by atoms with Gasteiger partial charge in [0, 0.05) is 18.6 Å². The summed E-state index contributed by atoms with van der Waals surface area (Å²) in [6.07, 6.45) is 0.477. The van der Waals surface area contributed by atoms with Crippen LogP contribution in [0.25, 0.3) is 0 Å². The third-order valence-electron chi connectivity index (χ3n) is 2.99. The molecule has 0 aliphatic carbocycles. The highest BCUT2D eigenvalue weighted by Crippen LogP contribution is 2.25. The second-order valence-corrected chi connectivity index (χ2v) is 4.61. The predicted molar refractivity (Wildman–Crippen MR) is 68.7 cm³/mol. The van der Waals surface area contributed by atoms with Gasteiger partial charge < -0.3 is 9.47 Å². The number of esters is 1. The van der Waals surface area contributed by atoms with Crippen LogP contribution in [0.15, 0.2) is 18.2 Å². The Balaban J connectivity index is 2.23. The number of nitro groups is 2. The van der Waals surface area contributed by atoms with Crippen molar-refractivity contribution < 1.29 is 24.1 Å². The highest BCUT2D eigenvalue weighted by molar-refractivity contribution is 5.91. The van der Waals surface area contributed by atoms with Crippen molar-refractivity contribution in [1.29, 1.82) is 0 Å². The minimum absolute atomic E-state index is 0.0396. The van der Waals surface area contributed by atoms with Crippen molar-refractivity contribution in [2.45, 2.75) is 32.2 Å². The van der Waals surface area contributed by atoms with E-state index in [1.54, 1.807) is 0 Å². The molecular formula is C12H12N2O7. The SMILES string of the molecule is CC1CCC(OC(=O)c2cc([N+](=O)[O-])cc([N+](=O)[O-])c2)O1. The van der Waals surface area contributed by atoms with E-state index in [0.717, 1.165) is 24.6 Å². The maximum atomic E-state index is 11.9. The largest absolute Gasteiger partial charge is 0.432 e. The number of non-ortho nitro benzene ring substituents is 2. The zero-order valence-corrected chi connectivity index (χ0v) is 11.1. The van der Waals surface area contributed by atoms with Crippen LogP contribution in [0.4, 0.5) is 11.4 Å². The Hall–Kier alpha value is -2.55. The van der Waals surface area contributed by atoms with Crippen molar-refractivity contribution in [3.05, 3.63) is 44.0 Å². The van der Waals surface area contributed by atoms with Crippen LogP contribution in [0.2, 0.25) is 0 Å². The Morgan fingerprint density at radius 1 is 1.19 bits per heavy atom. The van der Waals surface area contributed by atoms with E-state index in [1.807, 2.05) is 6.92 Å². The average molecular weight is 296 g/mol. The number of benzene rings is 1. The summed E-state index contributed by atoms with van der Waals surface area (Å²) in [4.78, 5) is 31.8. The Kier molecular flexibility index (Phi) is 4.13. The molecule has 0 N–H and O–H groups in total. The van der Waals surface area contributed by atoms with Gasteiger partial charge in [-0.2, -0.15) is 0 Å². The van der Waals surface area contributed by atoms with Crippen LogP contribution in [-0.4, -0.2) is 28.2 Å². The number of hydrogen-bond acceptors (Lipinski definition) is 7. The van der Waals surface area contributed by atoms with E-state index in [-0.39, 0.29) is 11.7 Å². The average Bonchev–Trinajstić information content (AvgIpc) is 2.83. The molecule has 2 unspecified atom stereocenters. The smallest absolute Gasteiger partial charge is 0.340 e. The molecule has 0 spiro atoms. The van der Waals surface area contributed by atoms with Crippen LogP contribution < -0.4 is 0 Å². The number of carbonyl (C=O) groups is 1. The zero-order chi connectivity index (χ0) is 15.6. The van der Waals surface area contributed by atoms with Crippen LogP contribution in [0.3, 0.4) is 0 Å². The van der Waals surface area contributed by atoms with Gasteiger partial charge in [0.05, 0.1) is 27.6 Å². The highest BCUT2D eigenvalue weighted by atomic mass is 16.7. The first-order valence-corrected chi connectivity index (χ1v) is 6.17. The van der Waals surface area contributed by atoms with E-state index in [0.29, 0.717) is 6.42 Å². The molecule has 0 amide bonds. The molecular weight excluding hydrogens is 284 g/mol. The van der Waals surface area contributed by atoms with Gasteiger partial charge in [-0.25, -0.2) is 4.79 Å². The van der Waals surface area contributed by atoms with Crippen LogP contribution >= 0.6 is 0 Å². The molecule has 112 valence electrons. The van der Waals surface area contributed by atoms with E-state index in [9.17, 15) is 25.0 Å². The molecule has 9 heteroatoms. The van der Waals surface area contributed by atoms with Gasteiger partial charge in [0.25, 0.3) is 11.4 Å². The molecule has 1 aliphatic heterocycles. The Bertz CT molecular complexity index is 569. The van der Waals surface area contributed by atoms with E-state index in [1.165, 1.54) is 0 Å². The second kappa shape index (κ2) is 5.83. The Labute approximate surface area is 118 Å². The number of rotatable bonds is 4. The summed E-state index contributed by atoms with van der Waals surface area (Å²) >= 11 is 0. The molecule has 0 aromatic heterocycles. The van der Waals surface area contributed by atoms with E-state index < -0.39 is 33.5 Å². The van der Waals surface area contributed by atoms with Gasteiger partial charge in [0.2, 0.25) is 6.29 Å². The van der Waals surface area contributed by atoms with Gasteiger partial charge in [-0.15, -0.1) is 0 Å². The topological polar surface area (TPSA) is 122 Å². The molecule has 1 fully saturated rings.